The van der Waals surface area contributed by atoms with Gasteiger partial charge in [-0.25, -0.2) is 18.5 Å². The van der Waals surface area contributed by atoms with Crippen molar-refractivity contribution in [3.63, 3.8) is 0 Å². The maximum absolute atomic E-state index is 11.6. The van der Waals surface area contributed by atoms with Crippen LogP contribution in [0.5, 0.6) is 0 Å². The number of nitrogens with one attached hydrogen (secondary N) is 1. The minimum Gasteiger partial charge on any atom is -0.249 e. The highest BCUT2D eigenvalue weighted by Gasteiger charge is 2.23. The van der Waals surface area contributed by atoms with Crippen LogP contribution in [0, 0.1) is 0 Å². The molecule has 0 spiro atoms. The Bertz CT molecular complexity index is 341. The van der Waals surface area contributed by atoms with E-state index in [1.807, 2.05) is 0 Å². The smallest absolute Gasteiger partial charge is 0.249 e. The first-order chi connectivity index (χ1) is 6.12. The van der Waals surface area contributed by atoms with Crippen molar-refractivity contribution in [3.05, 3.63) is 6.33 Å². The second-order valence-corrected chi connectivity index (χ2v) is 4.23. The number of sulfonamides is 1. The van der Waals surface area contributed by atoms with Crippen molar-refractivity contribution < 1.29 is 8.42 Å². The molecule has 1 aromatic rings. The van der Waals surface area contributed by atoms with Gasteiger partial charge in [0.2, 0.25) is 0 Å². The van der Waals surface area contributed by atoms with Crippen molar-refractivity contribution in [2.24, 2.45) is 0 Å². The number of rotatable bonds is 4. The fraction of sp³-hybridized carbons (Fsp3) is 0.667. The Morgan fingerprint density at radius 1 is 1.46 bits per heavy atom. The molecule has 1 heterocycles. The van der Waals surface area contributed by atoms with Crippen LogP contribution < -0.4 is 0 Å². The van der Waals surface area contributed by atoms with Crippen LogP contribution in [-0.4, -0.2) is 41.0 Å². The SMILES string of the molecule is CCN(CC)S(=O)(=O)c1ncn[nH]1. The third-order valence-electron chi connectivity index (χ3n) is 1.68. The van der Waals surface area contributed by atoms with E-state index in [0.717, 1.165) is 0 Å². The van der Waals surface area contributed by atoms with Crippen LogP contribution in [0.2, 0.25) is 0 Å². The van der Waals surface area contributed by atoms with Gasteiger partial charge < -0.3 is 0 Å². The molecule has 0 aromatic carbocycles. The lowest BCUT2D eigenvalue weighted by molar-refractivity contribution is 0.440. The number of aromatic nitrogens is 3. The third-order valence-corrected chi connectivity index (χ3v) is 3.56. The van der Waals surface area contributed by atoms with Gasteiger partial charge in [0.1, 0.15) is 6.33 Å². The van der Waals surface area contributed by atoms with Gasteiger partial charge in [-0.05, 0) is 0 Å². The molecule has 1 aromatic heterocycles. The molecule has 1 N–H and O–H groups in total. The van der Waals surface area contributed by atoms with Gasteiger partial charge in [-0.3, -0.25) is 0 Å². The molecule has 0 aliphatic carbocycles. The minimum atomic E-state index is -3.45. The maximum atomic E-state index is 11.6. The molecule has 0 fully saturated rings. The minimum absolute atomic E-state index is 0.101. The molecule has 74 valence electrons. The van der Waals surface area contributed by atoms with Crippen LogP contribution in [0.25, 0.3) is 0 Å². The van der Waals surface area contributed by atoms with Gasteiger partial charge in [-0.15, -0.1) is 0 Å². The van der Waals surface area contributed by atoms with Crippen LogP contribution in [0.1, 0.15) is 13.8 Å². The predicted octanol–water partition coefficient (Wildman–Crippen LogP) is -0.165. The molecule has 0 atom stereocenters. The van der Waals surface area contributed by atoms with Gasteiger partial charge in [0.15, 0.2) is 0 Å². The molecule has 1 rings (SSSR count). The van der Waals surface area contributed by atoms with Crippen molar-refractivity contribution in [1.29, 1.82) is 0 Å². The molecule has 7 heteroatoms. The molecule has 6 nitrogen and oxygen atoms in total. The molecule has 0 saturated heterocycles. The largest absolute Gasteiger partial charge is 0.278 e. The molecule has 0 aliphatic rings. The summed E-state index contributed by atoms with van der Waals surface area (Å²) in [5.41, 5.74) is 0. The lowest BCUT2D eigenvalue weighted by atomic mass is 10.7. The quantitative estimate of drug-likeness (QED) is 0.738. The van der Waals surface area contributed by atoms with Crippen LogP contribution in [0.15, 0.2) is 11.5 Å². The molecule has 13 heavy (non-hydrogen) atoms. The fourth-order valence-electron chi connectivity index (χ4n) is 1.00. The number of hydrogen-bond donors (Lipinski definition) is 1. The van der Waals surface area contributed by atoms with E-state index in [1.54, 1.807) is 13.8 Å². The zero-order valence-electron chi connectivity index (χ0n) is 7.56. The molecule has 0 unspecified atom stereocenters. The molecule has 0 radical (unpaired) electrons. The van der Waals surface area contributed by atoms with Gasteiger partial charge in [0.25, 0.3) is 15.2 Å². The van der Waals surface area contributed by atoms with E-state index in [2.05, 4.69) is 15.2 Å². The van der Waals surface area contributed by atoms with E-state index < -0.39 is 10.0 Å². The van der Waals surface area contributed by atoms with E-state index in [9.17, 15) is 8.42 Å². The second kappa shape index (κ2) is 3.84. The van der Waals surface area contributed by atoms with Crippen molar-refractivity contribution in [2.75, 3.05) is 13.1 Å². The summed E-state index contributed by atoms with van der Waals surface area (Å²) >= 11 is 0. The van der Waals surface area contributed by atoms with Crippen LogP contribution in [0.3, 0.4) is 0 Å². The number of aromatic amines is 1. The van der Waals surface area contributed by atoms with E-state index in [4.69, 9.17) is 0 Å². The summed E-state index contributed by atoms with van der Waals surface area (Å²) in [4.78, 5) is 3.61. The first-order valence-electron chi connectivity index (χ1n) is 3.98. The average Bonchev–Trinajstić information content (AvgIpc) is 2.58. The summed E-state index contributed by atoms with van der Waals surface area (Å²) in [7, 11) is -3.45. The summed E-state index contributed by atoms with van der Waals surface area (Å²) in [6, 6.07) is 0. The average molecular weight is 204 g/mol. The van der Waals surface area contributed by atoms with Crippen LogP contribution in [-0.2, 0) is 10.0 Å². The monoisotopic (exact) mass is 204 g/mol. The normalized spacial score (nSPS) is 12.2. The highest BCUT2D eigenvalue weighted by molar-refractivity contribution is 7.88. The Kier molecular flexibility index (Phi) is 2.99. The van der Waals surface area contributed by atoms with E-state index >= 15 is 0 Å². The Hall–Kier alpha value is -0.950. The zero-order valence-corrected chi connectivity index (χ0v) is 8.37. The Labute approximate surface area is 77.0 Å². The molecule has 0 aliphatic heterocycles. The lowest BCUT2D eigenvalue weighted by Crippen LogP contribution is -2.31. The lowest BCUT2D eigenvalue weighted by Gasteiger charge is -2.15. The van der Waals surface area contributed by atoms with Gasteiger partial charge in [-0.1, -0.05) is 13.8 Å². The molecular weight excluding hydrogens is 192 g/mol. The first kappa shape index (κ1) is 10.1. The molecule has 0 amide bonds. The zero-order chi connectivity index (χ0) is 9.90. The highest BCUT2D eigenvalue weighted by Crippen LogP contribution is 2.08. The summed E-state index contributed by atoms with van der Waals surface area (Å²) in [5.74, 6) is 0. The summed E-state index contributed by atoms with van der Waals surface area (Å²) in [6.07, 6.45) is 1.18. The second-order valence-electron chi connectivity index (χ2n) is 2.38. The Morgan fingerprint density at radius 3 is 2.46 bits per heavy atom. The van der Waals surface area contributed by atoms with Crippen molar-refractivity contribution in [3.8, 4) is 0 Å². The molecular formula is C6H12N4O2S. The molecule has 0 saturated carbocycles. The summed E-state index contributed by atoms with van der Waals surface area (Å²) in [5, 5.41) is 5.73. The third kappa shape index (κ3) is 1.86. The predicted molar refractivity (Wildman–Crippen MR) is 46.5 cm³/mol. The van der Waals surface area contributed by atoms with E-state index in [-0.39, 0.29) is 5.16 Å². The maximum Gasteiger partial charge on any atom is 0.278 e. The standard InChI is InChI=1S/C6H12N4O2S/c1-3-10(4-2)13(11,12)6-7-5-8-9-6/h5H,3-4H2,1-2H3,(H,7,8,9). The van der Waals surface area contributed by atoms with Crippen molar-refractivity contribution >= 4 is 10.0 Å². The Morgan fingerprint density at radius 2 is 2.08 bits per heavy atom. The van der Waals surface area contributed by atoms with Gasteiger partial charge >= 0.3 is 0 Å². The number of H-pyrrole nitrogens is 1. The Balaban J connectivity index is 3.02. The van der Waals surface area contributed by atoms with Gasteiger partial charge in [-0.2, -0.15) is 9.40 Å². The van der Waals surface area contributed by atoms with Crippen molar-refractivity contribution in [1.82, 2.24) is 19.5 Å². The summed E-state index contributed by atoms with van der Waals surface area (Å²) < 4.78 is 24.6. The summed E-state index contributed by atoms with van der Waals surface area (Å²) in [6.45, 7) is 4.41. The molecule has 0 bridgehead atoms. The number of hydrogen-bond acceptors (Lipinski definition) is 4. The van der Waals surface area contributed by atoms with Crippen molar-refractivity contribution in [2.45, 2.75) is 19.0 Å². The number of nitrogens with zero attached hydrogens (tertiary/aromatic N) is 3. The fourth-order valence-corrected chi connectivity index (χ4v) is 2.28. The van der Waals surface area contributed by atoms with Crippen LogP contribution >= 0.6 is 0 Å². The van der Waals surface area contributed by atoms with Crippen LogP contribution in [0.4, 0.5) is 0 Å². The van der Waals surface area contributed by atoms with Gasteiger partial charge in [0.05, 0.1) is 0 Å². The first-order valence-corrected chi connectivity index (χ1v) is 5.42. The van der Waals surface area contributed by atoms with Gasteiger partial charge in [0, 0.05) is 13.1 Å². The van der Waals surface area contributed by atoms with E-state index in [0.29, 0.717) is 13.1 Å². The topological polar surface area (TPSA) is 79.0 Å². The highest BCUT2D eigenvalue weighted by atomic mass is 32.2. The van der Waals surface area contributed by atoms with E-state index in [1.165, 1.54) is 10.6 Å².